The zero-order chi connectivity index (χ0) is 19.0. The lowest BCUT2D eigenvalue weighted by atomic mass is 9.91. The molecule has 1 aromatic heterocycles. The van der Waals surface area contributed by atoms with E-state index in [1.807, 2.05) is 24.0 Å². The maximum Gasteiger partial charge on any atom is 0.267 e. The van der Waals surface area contributed by atoms with Crippen molar-refractivity contribution < 1.29 is 14.3 Å². The first-order valence-electron chi connectivity index (χ1n) is 9.15. The van der Waals surface area contributed by atoms with Gasteiger partial charge in [-0.25, -0.2) is 0 Å². The van der Waals surface area contributed by atoms with Crippen LogP contribution in [-0.2, 0) is 12.8 Å². The number of carbonyl (C=O) groups excluding carboxylic acids is 2. The molecule has 3 heterocycles. The minimum Gasteiger partial charge on any atom is -0.497 e. The highest BCUT2D eigenvalue weighted by Gasteiger charge is 2.43. The van der Waals surface area contributed by atoms with E-state index < -0.39 is 0 Å². The second-order valence-corrected chi connectivity index (χ2v) is 7.89. The summed E-state index contributed by atoms with van der Waals surface area (Å²) in [6.07, 6.45) is 3.04. The number of methoxy groups -OCH3 is 1. The van der Waals surface area contributed by atoms with Crippen LogP contribution in [0.25, 0.3) is 0 Å². The van der Waals surface area contributed by atoms with Gasteiger partial charge >= 0.3 is 0 Å². The number of carbonyl (C=O) groups is 2. The topological polar surface area (TPSA) is 84.4 Å². The highest BCUT2D eigenvalue weighted by atomic mass is 32.1. The fraction of sp³-hybridized carbons (Fsp3) is 0.474. The van der Waals surface area contributed by atoms with Gasteiger partial charge in [0.25, 0.3) is 11.8 Å². The normalized spacial score (nSPS) is 21.7. The number of likely N-dealkylation sites (tertiary alicyclic amines) is 1. The van der Waals surface area contributed by atoms with Crippen molar-refractivity contribution in [3.8, 4) is 5.75 Å². The minimum atomic E-state index is -0.385. The van der Waals surface area contributed by atoms with Crippen LogP contribution < -0.4 is 10.1 Å². The molecule has 0 saturated carbocycles. The number of hydrogen-bond acceptors (Lipinski definition) is 6. The standard InChI is InChI=1S/C19H22N4O3S/c1-3-15-16(27-22-21-15)18(25)23-9-8-19(11-23)7-6-12-4-5-13(26-2)10-14(12)17(24)20-19/h4-5,10H,3,6-9,11H2,1-2H3,(H,20,24). The van der Waals surface area contributed by atoms with Crippen LogP contribution in [0.3, 0.4) is 0 Å². The quantitative estimate of drug-likeness (QED) is 0.873. The number of nitrogens with zero attached hydrogens (tertiary/aromatic N) is 3. The van der Waals surface area contributed by atoms with Gasteiger partial charge < -0.3 is 15.0 Å². The van der Waals surface area contributed by atoms with Crippen molar-refractivity contribution in [3.63, 3.8) is 0 Å². The zero-order valence-corrected chi connectivity index (χ0v) is 16.3. The molecule has 7 nitrogen and oxygen atoms in total. The summed E-state index contributed by atoms with van der Waals surface area (Å²) in [4.78, 5) is 28.2. The van der Waals surface area contributed by atoms with E-state index in [4.69, 9.17) is 4.74 Å². The molecule has 2 aromatic rings. The van der Waals surface area contributed by atoms with Gasteiger partial charge in [0.15, 0.2) is 0 Å². The molecule has 2 aliphatic heterocycles. The van der Waals surface area contributed by atoms with Crippen LogP contribution in [-0.4, -0.2) is 52.0 Å². The fourth-order valence-electron chi connectivity index (χ4n) is 3.95. The Kier molecular flexibility index (Phi) is 4.59. The smallest absolute Gasteiger partial charge is 0.267 e. The highest BCUT2D eigenvalue weighted by molar-refractivity contribution is 7.08. The molecule has 2 aliphatic rings. The molecule has 0 bridgehead atoms. The summed E-state index contributed by atoms with van der Waals surface area (Å²) in [5.74, 6) is 0.550. The van der Waals surface area contributed by atoms with Crippen LogP contribution in [0, 0.1) is 0 Å². The van der Waals surface area contributed by atoms with E-state index in [-0.39, 0.29) is 17.4 Å². The molecule has 1 fully saturated rings. The summed E-state index contributed by atoms with van der Waals surface area (Å²) in [7, 11) is 1.59. The predicted octanol–water partition coefficient (Wildman–Crippen LogP) is 2.07. The van der Waals surface area contributed by atoms with Gasteiger partial charge in [0.2, 0.25) is 0 Å². The van der Waals surface area contributed by atoms with Crippen LogP contribution in [0.15, 0.2) is 18.2 Å². The molecule has 4 rings (SSSR count). The Morgan fingerprint density at radius 3 is 3.04 bits per heavy atom. The molecular weight excluding hydrogens is 364 g/mol. The third kappa shape index (κ3) is 3.18. The molecule has 1 atom stereocenters. The minimum absolute atomic E-state index is 0.0311. The SMILES string of the molecule is CCc1nnsc1C(=O)N1CCC2(CCc3ccc(OC)cc3C(=O)N2)C1. The van der Waals surface area contributed by atoms with E-state index in [2.05, 4.69) is 14.9 Å². The first kappa shape index (κ1) is 17.9. The third-order valence-corrected chi connectivity index (χ3v) is 6.30. The third-order valence-electron chi connectivity index (χ3n) is 5.54. The molecule has 2 amide bonds. The summed E-state index contributed by atoms with van der Waals surface area (Å²) in [6.45, 7) is 3.11. The van der Waals surface area contributed by atoms with E-state index in [0.29, 0.717) is 35.7 Å². The van der Waals surface area contributed by atoms with Crippen molar-refractivity contribution in [1.82, 2.24) is 19.8 Å². The van der Waals surface area contributed by atoms with Gasteiger partial charge in [-0.3, -0.25) is 9.59 Å². The first-order chi connectivity index (χ1) is 13.0. The second-order valence-electron chi connectivity index (χ2n) is 7.14. The Morgan fingerprint density at radius 1 is 1.41 bits per heavy atom. The van der Waals surface area contributed by atoms with E-state index in [0.717, 1.165) is 42.1 Å². The lowest BCUT2D eigenvalue weighted by molar-refractivity contribution is 0.0767. The summed E-state index contributed by atoms with van der Waals surface area (Å²) in [6, 6.07) is 5.64. The number of nitrogens with one attached hydrogen (secondary N) is 1. The number of benzene rings is 1. The number of amides is 2. The number of aromatic nitrogens is 2. The largest absolute Gasteiger partial charge is 0.497 e. The van der Waals surface area contributed by atoms with Crippen molar-refractivity contribution in [2.75, 3.05) is 20.2 Å². The highest BCUT2D eigenvalue weighted by Crippen LogP contribution is 2.33. The van der Waals surface area contributed by atoms with Crippen LogP contribution in [0.2, 0.25) is 0 Å². The van der Waals surface area contributed by atoms with Gasteiger partial charge in [-0.2, -0.15) is 0 Å². The Bertz CT molecular complexity index is 897. The molecule has 0 aliphatic carbocycles. The monoisotopic (exact) mass is 386 g/mol. The van der Waals surface area contributed by atoms with Gasteiger partial charge in [0, 0.05) is 18.7 Å². The Balaban J connectivity index is 1.54. The molecule has 142 valence electrons. The zero-order valence-electron chi connectivity index (χ0n) is 15.4. The average Bonchev–Trinajstić information content (AvgIpc) is 3.30. The van der Waals surface area contributed by atoms with Crippen LogP contribution in [0.4, 0.5) is 0 Å². The summed E-state index contributed by atoms with van der Waals surface area (Å²) < 4.78 is 9.18. The van der Waals surface area contributed by atoms with E-state index in [1.54, 1.807) is 13.2 Å². The molecular formula is C19H22N4O3S. The van der Waals surface area contributed by atoms with Gasteiger partial charge in [-0.05, 0) is 54.9 Å². The average molecular weight is 386 g/mol. The summed E-state index contributed by atoms with van der Waals surface area (Å²) in [5, 5.41) is 7.25. The maximum absolute atomic E-state index is 12.9. The van der Waals surface area contributed by atoms with Crippen molar-refractivity contribution in [2.45, 2.75) is 38.1 Å². The molecule has 0 radical (unpaired) electrons. The van der Waals surface area contributed by atoms with Gasteiger partial charge in [0.1, 0.15) is 10.6 Å². The molecule has 1 aromatic carbocycles. The van der Waals surface area contributed by atoms with Gasteiger partial charge in [-0.15, -0.1) is 5.10 Å². The molecule has 27 heavy (non-hydrogen) atoms. The predicted molar refractivity (Wildman–Crippen MR) is 101 cm³/mol. The van der Waals surface area contributed by atoms with Crippen molar-refractivity contribution >= 4 is 23.3 Å². The number of fused-ring (bicyclic) bond motifs is 1. The van der Waals surface area contributed by atoms with Gasteiger partial charge in [0.05, 0.1) is 18.3 Å². The Labute approximate surface area is 161 Å². The number of ether oxygens (including phenoxy) is 1. The Morgan fingerprint density at radius 2 is 2.26 bits per heavy atom. The van der Waals surface area contributed by atoms with E-state index >= 15 is 0 Å². The van der Waals surface area contributed by atoms with Crippen LogP contribution >= 0.6 is 11.5 Å². The fourth-order valence-corrected chi connectivity index (χ4v) is 4.67. The van der Waals surface area contributed by atoms with Crippen molar-refractivity contribution in [2.24, 2.45) is 0 Å². The maximum atomic E-state index is 12.9. The molecule has 1 spiro atoms. The lowest BCUT2D eigenvalue weighted by Gasteiger charge is -2.28. The number of hydrogen-bond donors (Lipinski definition) is 1. The van der Waals surface area contributed by atoms with Crippen LogP contribution in [0.1, 0.15) is 51.1 Å². The number of aryl methyl sites for hydroxylation is 2. The summed E-state index contributed by atoms with van der Waals surface area (Å²) in [5.41, 5.74) is 2.05. The Hall–Kier alpha value is -2.48. The molecule has 1 saturated heterocycles. The van der Waals surface area contributed by atoms with Gasteiger partial charge in [-0.1, -0.05) is 17.5 Å². The lowest BCUT2D eigenvalue weighted by Crippen LogP contribution is -2.50. The van der Waals surface area contributed by atoms with E-state index in [9.17, 15) is 9.59 Å². The molecule has 1 unspecified atom stereocenters. The van der Waals surface area contributed by atoms with Crippen molar-refractivity contribution in [1.29, 1.82) is 0 Å². The van der Waals surface area contributed by atoms with E-state index in [1.165, 1.54) is 0 Å². The summed E-state index contributed by atoms with van der Waals surface area (Å²) >= 11 is 1.15. The first-order valence-corrected chi connectivity index (χ1v) is 9.92. The van der Waals surface area contributed by atoms with Crippen LogP contribution in [0.5, 0.6) is 5.75 Å². The number of rotatable bonds is 3. The molecule has 8 heteroatoms. The molecule has 1 N–H and O–H groups in total. The van der Waals surface area contributed by atoms with Crippen molar-refractivity contribution in [3.05, 3.63) is 39.9 Å². The second kappa shape index (κ2) is 6.92.